The summed E-state index contributed by atoms with van der Waals surface area (Å²) in [4.78, 5) is 22.5. The maximum absolute atomic E-state index is 12.7. The molecule has 1 aliphatic heterocycles. The van der Waals surface area contributed by atoms with Crippen molar-refractivity contribution >= 4 is 44.6 Å². The zero-order valence-electron chi connectivity index (χ0n) is 15.9. The molecule has 1 heterocycles. The Kier molecular flexibility index (Phi) is 6.75. The first-order valence-electron chi connectivity index (χ1n) is 9.24. The van der Waals surface area contributed by atoms with Crippen molar-refractivity contribution in [1.29, 1.82) is 0 Å². The Balaban J connectivity index is 1.60. The van der Waals surface area contributed by atoms with Crippen LogP contribution in [0.4, 0.5) is 11.4 Å². The molecule has 2 N–H and O–H groups in total. The van der Waals surface area contributed by atoms with Crippen LogP contribution >= 0.6 is 12.2 Å². The Bertz CT molecular complexity index is 1050. The number of piperidine rings is 1. The van der Waals surface area contributed by atoms with Crippen LogP contribution in [0.2, 0.25) is 0 Å². The summed E-state index contributed by atoms with van der Waals surface area (Å²) in [5.74, 6) is -0.522. The average molecular weight is 449 g/mol. The van der Waals surface area contributed by atoms with Crippen LogP contribution in [0.1, 0.15) is 29.6 Å². The van der Waals surface area contributed by atoms with Crippen molar-refractivity contribution in [1.82, 2.24) is 9.62 Å². The third kappa shape index (κ3) is 5.17. The van der Waals surface area contributed by atoms with Crippen molar-refractivity contribution < 1.29 is 18.1 Å². The van der Waals surface area contributed by atoms with Gasteiger partial charge in [0, 0.05) is 36.5 Å². The van der Waals surface area contributed by atoms with E-state index in [1.807, 2.05) is 0 Å². The molecule has 0 aliphatic carbocycles. The van der Waals surface area contributed by atoms with E-state index in [4.69, 9.17) is 12.2 Å². The molecule has 0 unspecified atom stereocenters. The number of carbonyl (C=O) groups excluding carboxylic acids is 1. The molecule has 2 aromatic carbocycles. The normalized spacial score (nSPS) is 14.7. The number of carbonyl (C=O) groups is 1. The van der Waals surface area contributed by atoms with E-state index in [0.717, 1.165) is 19.3 Å². The van der Waals surface area contributed by atoms with Gasteiger partial charge in [0.2, 0.25) is 10.0 Å². The van der Waals surface area contributed by atoms with Crippen LogP contribution in [0.25, 0.3) is 0 Å². The lowest BCUT2D eigenvalue weighted by Gasteiger charge is -2.25. The van der Waals surface area contributed by atoms with Crippen LogP contribution in [0.3, 0.4) is 0 Å². The van der Waals surface area contributed by atoms with Crippen molar-refractivity contribution in [3.05, 3.63) is 64.2 Å². The highest BCUT2D eigenvalue weighted by Gasteiger charge is 2.25. The molecule has 0 bridgehead atoms. The number of nitro groups is 1. The first-order valence-corrected chi connectivity index (χ1v) is 11.1. The minimum absolute atomic E-state index is 0.0185. The third-order valence-electron chi connectivity index (χ3n) is 4.63. The maximum atomic E-state index is 12.7. The fourth-order valence-electron chi connectivity index (χ4n) is 3.04. The van der Waals surface area contributed by atoms with Gasteiger partial charge in [0.05, 0.1) is 9.82 Å². The largest absolute Gasteiger partial charge is 0.332 e. The summed E-state index contributed by atoms with van der Waals surface area (Å²) in [6.07, 6.45) is 2.76. The molecule has 1 aliphatic rings. The Morgan fingerprint density at radius 2 is 1.60 bits per heavy atom. The molecular weight excluding hydrogens is 428 g/mol. The standard InChI is InChI=1S/C19H20N4O5S2/c24-18(14-4-8-16(9-5-14)23(25)26)21-19(29)20-15-6-10-17(11-7-15)30(27,28)22-12-2-1-3-13-22/h4-11H,1-3,12-13H2,(H2,20,21,24,29). The molecule has 0 atom stereocenters. The molecule has 0 saturated carbocycles. The molecule has 30 heavy (non-hydrogen) atoms. The van der Waals surface area contributed by atoms with Gasteiger partial charge < -0.3 is 5.32 Å². The van der Waals surface area contributed by atoms with Crippen molar-refractivity contribution in [3.63, 3.8) is 0 Å². The molecule has 3 rings (SSSR count). The Morgan fingerprint density at radius 1 is 1.00 bits per heavy atom. The maximum Gasteiger partial charge on any atom is 0.269 e. The van der Waals surface area contributed by atoms with E-state index in [1.165, 1.54) is 40.7 Å². The van der Waals surface area contributed by atoms with Crippen LogP contribution in [-0.4, -0.2) is 41.8 Å². The molecule has 9 nitrogen and oxygen atoms in total. The number of nitrogens with zero attached hydrogens (tertiary/aromatic N) is 2. The van der Waals surface area contributed by atoms with Crippen LogP contribution in [-0.2, 0) is 10.0 Å². The van der Waals surface area contributed by atoms with Gasteiger partial charge in [0.1, 0.15) is 0 Å². The van der Waals surface area contributed by atoms with E-state index >= 15 is 0 Å². The summed E-state index contributed by atoms with van der Waals surface area (Å²) in [5, 5.41) is 16.0. The zero-order chi connectivity index (χ0) is 21.7. The summed E-state index contributed by atoms with van der Waals surface area (Å²) in [5.41, 5.74) is 0.612. The number of thiocarbonyl (C=S) groups is 1. The van der Waals surface area contributed by atoms with Crippen molar-refractivity contribution in [3.8, 4) is 0 Å². The Hall–Kier alpha value is -2.89. The lowest BCUT2D eigenvalue weighted by Crippen LogP contribution is -2.35. The first kappa shape index (κ1) is 21.8. The molecular formula is C19H20N4O5S2. The number of benzene rings is 2. The number of nitrogens with one attached hydrogen (secondary N) is 2. The Labute approximate surface area is 179 Å². The SMILES string of the molecule is O=C(NC(=S)Nc1ccc(S(=O)(=O)N2CCCCC2)cc1)c1ccc([N+](=O)[O-])cc1. The van der Waals surface area contributed by atoms with Gasteiger partial charge in [-0.3, -0.25) is 20.2 Å². The minimum Gasteiger partial charge on any atom is -0.332 e. The quantitative estimate of drug-likeness (QED) is 0.410. The molecule has 1 saturated heterocycles. The molecule has 1 fully saturated rings. The van der Waals surface area contributed by atoms with E-state index in [2.05, 4.69) is 10.6 Å². The fourth-order valence-corrected chi connectivity index (χ4v) is 4.76. The smallest absolute Gasteiger partial charge is 0.269 e. The van der Waals surface area contributed by atoms with E-state index in [0.29, 0.717) is 18.8 Å². The van der Waals surface area contributed by atoms with Gasteiger partial charge in [-0.2, -0.15) is 4.31 Å². The minimum atomic E-state index is -3.52. The predicted molar refractivity (Wildman–Crippen MR) is 116 cm³/mol. The van der Waals surface area contributed by atoms with Crippen LogP contribution in [0, 0.1) is 10.1 Å². The summed E-state index contributed by atoms with van der Waals surface area (Å²) < 4.78 is 26.8. The predicted octanol–water partition coefficient (Wildman–Crippen LogP) is 2.90. The number of anilines is 1. The molecule has 11 heteroatoms. The highest BCUT2D eigenvalue weighted by molar-refractivity contribution is 7.89. The van der Waals surface area contributed by atoms with Gasteiger partial charge in [-0.15, -0.1) is 0 Å². The number of non-ortho nitro benzene ring substituents is 1. The van der Waals surface area contributed by atoms with Crippen molar-refractivity contribution in [2.24, 2.45) is 0 Å². The van der Waals surface area contributed by atoms with Gasteiger partial charge >= 0.3 is 0 Å². The third-order valence-corrected chi connectivity index (χ3v) is 6.75. The van der Waals surface area contributed by atoms with Crippen LogP contribution in [0.5, 0.6) is 0 Å². The lowest BCUT2D eigenvalue weighted by molar-refractivity contribution is -0.384. The topological polar surface area (TPSA) is 122 Å². The number of hydrogen-bond acceptors (Lipinski definition) is 6. The van der Waals surface area contributed by atoms with Gasteiger partial charge in [-0.05, 0) is 61.5 Å². The van der Waals surface area contributed by atoms with Gasteiger partial charge in [0.25, 0.3) is 11.6 Å². The van der Waals surface area contributed by atoms with Crippen molar-refractivity contribution in [2.75, 3.05) is 18.4 Å². The van der Waals surface area contributed by atoms with Crippen LogP contribution in [0.15, 0.2) is 53.4 Å². The summed E-state index contributed by atoms with van der Waals surface area (Å²) in [7, 11) is -3.52. The molecule has 158 valence electrons. The van der Waals surface area contributed by atoms with E-state index in [9.17, 15) is 23.3 Å². The second kappa shape index (κ2) is 9.28. The molecule has 1 amide bonds. The highest BCUT2D eigenvalue weighted by atomic mass is 32.2. The van der Waals surface area contributed by atoms with E-state index < -0.39 is 20.9 Å². The summed E-state index contributed by atoms with van der Waals surface area (Å²) in [6, 6.07) is 11.2. The average Bonchev–Trinajstić information content (AvgIpc) is 2.74. The van der Waals surface area contributed by atoms with E-state index in [-0.39, 0.29) is 21.3 Å². The number of nitro benzene ring substituents is 1. The van der Waals surface area contributed by atoms with Gasteiger partial charge in [-0.25, -0.2) is 8.42 Å². The van der Waals surface area contributed by atoms with Crippen LogP contribution < -0.4 is 10.6 Å². The summed E-state index contributed by atoms with van der Waals surface area (Å²) in [6.45, 7) is 1.06. The zero-order valence-corrected chi connectivity index (χ0v) is 17.5. The van der Waals surface area contributed by atoms with Gasteiger partial charge in [-0.1, -0.05) is 6.42 Å². The van der Waals surface area contributed by atoms with Crippen molar-refractivity contribution in [2.45, 2.75) is 24.2 Å². The summed E-state index contributed by atoms with van der Waals surface area (Å²) >= 11 is 5.11. The van der Waals surface area contributed by atoms with E-state index in [1.54, 1.807) is 12.1 Å². The lowest BCUT2D eigenvalue weighted by atomic mass is 10.2. The number of rotatable bonds is 5. The monoisotopic (exact) mass is 448 g/mol. The molecule has 0 radical (unpaired) electrons. The molecule has 2 aromatic rings. The highest BCUT2D eigenvalue weighted by Crippen LogP contribution is 2.22. The second-order valence-electron chi connectivity index (χ2n) is 6.70. The number of sulfonamides is 1. The molecule has 0 aromatic heterocycles. The fraction of sp³-hybridized carbons (Fsp3) is 0.263. The van der Waals surface area contributed by atoms with Gasteiger partial charge in [0.15, 0.2) is 5.11 Å². The second-order valence-corrected chi connectivity index (χ2v) is 9.05. The number of amides is 1. The first-order chi connectivity index (χ1) is 14.3. The Morgan fingerprint density at radius 3 is 2.17 bits per heavy atom. The molecule has 0 spiro atoms. The number of hydrogen-bond donors (Lipinski definition) is 2.